The van der Waals surface area contributed by atoms with Crippen molar-refractivity contribution in [3.8, 4) is 5.75 Å². The van der Waals surface area contributed by atoms with Gasteiger partial charge in [-0.25, -0.2) is 0 Å². The quantitative estimate of drug-likeness (QED) is 0.745. The molecule has 0 bridgehead atoms. The molecule has 1 aromatic carbocycles. The Kier molecular flexibility index (Phi) is 7.04. The predicted molar refractivity (Wildman–Crippen MR) is 86.5 cm³/mol. The summed E-state index contributed by atoms with van der Waals surface area (Å²) in [5.74, 6) is 1.43. The van der Waals surface area contributed by atoms with E-state index in [0.717, 1.165) is 44.8 Å². The van der Waals surface area contributed by atoms with Crippen molar-refractivity contribution in [1.82, 2.24) is 4.90 Å². The van der Waals surface area contributed by atoms with Gasteiger partial charge in [0.2, 0.25) is 0 Å². The maximum atomic E-state index is 9.29. The first-order valence-electron chi connectivity index (χ1n) is 8.36. The molecule has 1 saturated heterocycles. The molecule has 1 aliphatic rings. The van der Waals surface area contributed by atoms with E-state index in [1.807, 2.05) is 0 Å². The topological polar surface area (TPSA) is 32.7 Å². The van der Waals surface area contributed by atoms with Crippen LogP contribution in [0.3, 0.4) is 0 Å². The van der Waals surface area contributed by atoms with Crippen LogP contribution in [0.15, 0.2) is 24.3 Å². The van der Waals surface area contributed by atoms with Crippen LogP contribution in [0.5, 0.6) is 5.75 Å². The van der Waals surface area contributed by atoms with Gasteiger partial charge in [-0.3, -0.25) is 4.90 Å². The van der Waals surface area contributed by atoms with Gasteiger partial charge in [0, 0.05) is 19.7 Å². The van der Waals surface area contributed by atoms with Crippen LogP contribution in [-0.4, -0.2) is 36.3 Å². The van der Waals surface area contributed by atoms with E-state index in [1.165, 1.54) is 24.8 Å². The molecule has 3 nitrogen and oxygen atoms in total. The third-order valence-corrected chi connectivity index (χ3v) is 4.21. The Hall–Kier alpha value is -1.06. The molecule has 0 aromatic heterocycles. The van der Waals surface area contributed by atoms with Crippen LogP contribution in [0.4, 0.5) is 0 Å². The Bertz CT molecular complexity index is 391. The summed E-state index contributed by atoms with van der Waals surface area (Å²) in [4.78, 5) is 2.45. The Labute approximate surface area is 128 Å². The number of ether oxygens (including phenoxy) is 1. The molecular weight excluding hydrogens is 262 g/mol. The van der Waals surface area contributed by atoms with Gasteiger partial charge in [-0.05, 0) is 49.4 Å². The van der Waals surface area contributed by atoms with Gasteiger partial charge in [-0.2, -0.15) is 0 Å². The molecule has 1 unspecified atom stereocenters. The lowest BCUT2D eigenvalue weighted by Gasteiger charge is -2.31. The number of aliphatic hydroxyl groups excluding tert-OH is 1. The van der Waals surface area contributed by atoms with E-state index in [2.05, 4.69) is 36.1 Å². The van der Waals surface area contributed by atoms with Gasteiger partial charge in [-0.15, -0.1) is 0 Å². The molecular formula is C18H29NO2. The fourth-order valence-corrected chi connectivity index (χ4v) is 2.94. The molecule has 1 heterocycles. The van der Waals surface area contributed by atoms with E-state index < -0.39 is 0 Å². The maximum absolute atomic E-state index is 9.29. The second-order valence-corrected chi connectivity index (χ2v) is 6.13. The summed E-state index contributed by atoms with van der Waals surface area (Å²) in [6, 6.07) is 8.49. The van der Waals surface area contributed by atoms with Crippen molar-refractivity contribution in [2.24, 2.45) is 5.92 Å². The molecule has 118 valence electrons. The number of aliphatic hydroxyl groups is 1. The zero-order valence-corrected chi connectivity index (χ0v) is 13.3. The number of rotatable bonds is 8. The average Bonchev–Trinajstić information content (AvgIpc) is 2.53. The number of nitrogens with zero attached hydrogens (tertiary/aromatic N) is 1. The summed E-state index contributed by atoms with van der Waals surface area (Å²) in [6.07, 6.45) is 5.96. The predicted octanol–water partition coefficient (Wildman–Crippen LogP) is 3.46. The maximum Gasteiger partial charge on any atom is 0.119 e. The van der Waals surface area contributed by atoms with Crippen molar-refractivity contribution in [3.63, 3.8) is 0 Å². The molecule has 21 heavy (non-hydrogen) atoms. The number of unbranched alkanes of at least 4 members (excludes halogenated alkanes) is 2. The second-order valence-electron chi connectivity index (χ2n) is 6.13. The first-order valence-corrected chi connectivity index (χ1v) is 8.36. The highest BCUT2D eigenvalue weighted by atomic mass is 16.5. The van der Waals surface area contributed by atoms with Crippen LogP contribution in [0.2, 0.25) is 0 Å². The van der Waals surface area contributed by atoms with E-state index >= 15 is 0 Å². The fraction of sp³-hybridized carbons (Fsp3) is 0.667. The minimum absolute atomic E-state index is 0.320. The smallest absolute Gasteiger partial charge is 0.119 e. The van der Waals surface area contributed by atoms with Crippen LogP contribution in [0, 0.1) is 5.92 Å². The normalized spacial score (nSPS) is 19.6. The lowest BCUT2D eigenvalue weighted by Crippen LogP contribution is -2.36. The standard InChI is InChI=1S/C18H29NO2/c1-2-3-4-12-21-18-9-7-16(8-10-18)13-19-11-5-6-17(14-19)15-20/h7-10,17,20H,2-6,11-15H2,1H3. The first-order chi connectivity index (χ1) is 10.3. The Morgan fingerprint density at radius 1 is 1.24 bits per heavy atom. The Morgan fingerprint density at radius 3 is 2.76 bits per heavy atom. The van der Waals surface area contributed by atoms with Crippen molar-refractivity contribution in [2.45, 2.75) is 45.6 Å². The summed E-state index contributed by atoms with van der Waals surface area (Å²) in [6.45, 7) is 6.49. The molecule has 0 saturated carbocycles. The van der Waals surface area contributed by atoms with Crippen LogP contribution in [-0.2, 0) is 6.54 Å². The van der Waals surface area contributed by atoms with E-state index in [-0.39, 0.29) is 0 Å². The summed E-state index contributed by atoms with van der Waals surface area (Å²) in [5.41, 5.74) is 1.33. The molecule has 3 heteroatoms. The fourth-order valence-electron chi connectivity index (χ4n) is 2.94. The molecule has 0 amide bonds. The van der Waals surface area contributed by atoms with E-state index in [4.69, 9.17) is 4.74 Å². The first kappa shape index (κ1) is 16.3. The summed E-state index contributed by atoms with van der Waals surface area (Å²) < 4.78 is 5.74. The van der Waals surface area contributed by atoms with Crippen molar-refractivity contribution < 1.29 is 9.84 Å². The monoisotopic (exact) mass is 291 g/mol. The largest absolute Gasteiger partial charge is 0.494 e. The van der Waals surface area contributed by atoms with Crippen LogP contribution in [0.25, 0.3) is 0 Å². The van der Waals surface area contributed by atoms with Gasteiger partial charge in [0.15, 0.2) is 0 Å². The van der Waals surface area contributed by atoms with Gasteiger partial charge in [0.25, 0.3) is 0 Å². The summed E-state index contributed by atoms with van der Waals surface area (Å²) in [7, 11) is 0. The number of piperidine rings is 1. The lowest BCUT2D eigenvalue weighted by atomic mass is 9.98. The van der Waals surface area contributed by atoms with Crippen molar-refractivity contribution in [2.75, 3.05) is 26.3 Å². The minimum atomic E-state index is 0.320. The number of hydrogen-bond donors (Lipinski definition) is 1. The van der Waals surface area contributed by atoms with E-state index in [1.54, 1.807) is 0 Å². The zero-order valence-electron chi connectivity index (χ0n) is 13.3. The van der Waals surface area contributed by atoms with Crippen molar-refractivity contribution >= 4 is 0 Å². The molecule has 1 atom stereocenters. The number of likely N-dealkylation sites (tertiary alicyclic amines) is 1. The Morgan fingerprint density at radius 2 is 2.05 bits per heavy atom. The molecule has 0 spiro atoms. The molecule has 0 radical (unpaired) electrons. The number of hydrogen-bond acceptors (Lipinski definition) is 3. The molecule has 1 fully saturated rings. The lowest BCUT2D eigenvalue weighted by molar-refractivity contribution is 0.116. The highest BCUT2D eigenvalue weighted by molar-refractivity contribution is 5.27. The van der Waals surface area contributed by atoms with Gasteiger partial charge in [0.1, 0.15) is 5.75 Å². The highest BCUT2D eigenvalue weighted by Crippen LogP contribution is 2.19. The van der Waals surface area contributed by atoms with Gasteiger partial charge in [0.05, 0.1) is 6.61 Å². The van der Waals surface area contributed by atoms with Crippen molar-refractivity contribution in [1.29, 1.82) is 0 Å². The second kappa shape index (κ2) is 9.06. The van der Waals surface area contributed by atoms with Gasteiger partial charge >= 0.3 is 0 Å². The summed E-state index contributed by atoms with van der Waals surface area (Å²) >= 11 is 0. The molecule has 1 aliphatic heterocycles. The van der Waals surface area contributed by atoms with Crippen molar-refractivity contribution in [3.05, 3.63) is 29.8 Å². The average molecular weight is 291 g/mol. The van der Waals surface area contributed by atoms with Crippen LogP contribution in [0.1, 0.15) is 44.6 Å². The van der Waals surface area contributed by atoms with Gasteiger partial charge in [-0.1, -0.05) is 31.9 Å². The number of benzene rings is 1. The minimum Gasteiger partial charge on any atom is -0.494 e. The molecule has 2 rings (SSSR count). The SMILES string of the molecule is CCCCCOc1ccc(CN2CCCC(CO)C2)cc1. The molecule has 0 aliphatic carbocycles. The third kappa shape index (κ3) is 5.68. The third-order valence-electron chi connectivity index (χ3n) is 4.21. The molecule has 1 aromatic rings. The van der Waals surface area contributed by atoms with Crippen LogP contribution < -0.4 is 4.74 Å². The Balaban J connectivity index is 1.76. The van der Waals surface area contributed by atoms with E-state index in [9.17, 15) is 5.11 Å². The zero-order chi connectivity index (χ0) is 14.9. The summed E-state index contributed by atoms with van der Waals surface area (Å²) in [5, 5.41) is 9.29. The highest BCUT2D eigenvalue weighted by Gasteiger charge is 2.18. The molecule has 1 N–H and O–H groups in total. The van der Waals surface area contributed by atoms with Gasteiger partial charge < -0.3 is 9.84 Å². The van der Waals surface area contributed by atoms with Crippen LogP contribution >= 0.6 is 0 Å². The van der Waals surface area contributed by atoms with E-state index in [0.29, 0.717) is 12.5 Å².